The smallest absolute Gasteiger partial charge is 0.257 e. The van der Waals surface area contributed by atoms with Gasteiger partial charge in [-0.15, -0.1) is 0 Å². The standard InChI is InChI=1S/C25H24BrN3O4S/c1-16-5-3-7-19(13-16)27-23(30)17-6-4-8-20(14-17)28-25(34)29-24(31)18-9-10-22(21(26)15-18)33-12-11-32-2/h3-10,13-15H,11-12H2,1-2H3,(H,27,30)(H2,28,29,31,34). The molecule has 3 aromatic carbocycles. The summed E-state index contributed by atoms with van der Waals surface area (Å²) in [5, 5.41) is 8.56. The van der Waals surface area contributed by atoms with E-state index in [2.05, 4.69) is 31.9 Å². The van der Waals surface area contributed by atoms with Crippen molar-refractivity contribution in [3.05, 3.63) is 87.9 Å². The van der Waals surface area contributed by atoms with Gasteiger partial charge in [0, 0.05) is 29.6 Å². The third kappa shape index (κ3) is 7.38. The van der Waals surface area contributed by atoms with Crippen LogP contribution in [0.3, 0.4) is 0 Å². The van der Waals surface area contributed by atoms with Crippen LogP contribution in [0.1, 0.15) is 26.3 Å². The van der Waals surface area contributed by atoms with Gasteiger partial charge in [0.05, 0.1) is 11.1 Å². The Kier molecular flexibility index (Phi) is 9.15. The van der Waals surface area contributed by atoms with Crippen LogP contribution >= 0.6 is 28.1 Å². The molecule has 0 fully saturated rings. The number of benzene rings is 3. The first kappa shape index (κ1) is 25.4. The Morgan fingerprint density at radius 2 is 1.59 bits per heavy atom. The van der Waals surface area contributed by atoms with Gasteiger partial charge in [0.25, 0.3) is 11.8 Å². The minimum atomic E-state index is -0.380. The van der Waals surface area contributed by atoms with E-state index in [0.717, 1.165) is 5.56 Å². The molecule has 0 aliphatic rings. The molecule has 0 saturated carbocycles. The summed E-state index contributed by atoms with van der Waals surface area (Å²) in [6.45, 7) is 2.82. The number of amides is 2. The topological polar surface area (TPSA) is 88.7 Å². The molecule has 176 valence electrons. The SMILES string of the molecule is COCCOc1ccc(C(=O)NC(=S)Nc2cccc(C(=O)Nc3cccc(C)c3)c2)cc1Br. The molecule has 7 nitrogen and oxygen atoms in total. The van der Waals surface area contributed by atoms with Crippen molar-refractivity contribution in [1.82, 2.24) is 5.32 Å². The summed E-state index contributed by atoms with van der Waals surface area (Å²) in [5.41, 5.74) is 3.20. The first-order chi connectivity index (χ1) is 16.4. The number of methoxy groups -OCH3 is 1. The molecule has 0 atom stereocenters. The fourth-order valence-corrected chi connectivity index (χ4v) is 3.70. The van der Waals surface area contributed by atoms with Crippen LogP contribution in [0.2, 0.25) is 0 Å². The average Bonchev–Trinajstić information content (AvgIpc) is 2.80. The van der Waals surface area contributed by atoms with Gasteiger partial charge in [0.2, 0.25) is 0 Å². The van der Waals surface area contributed by atoms with Gasteiger partial charge < -0.3 is 20.1 Å². The minimum Gasteiger partial charge on any atom is -0.490 e. The van der Waals surface area contributed by atoms with E-state index in [0.29, 0.717) is 45.9 Å². The number of carbonyl (C=O) groups is 2. The van der Waals surface area contributed by atoms with Crippen LogP contribution in [0, 0.1) is 6.92 Å². The van der Waals surface area contributed by atoms with E-state index in [1.807, 2.05) is 31.2 Å². The van der Waals surface area contributed by atoms with E-state index in [-0.39, 0.29) is 16.9 Å². The number of hydrogen-bond donors (Lipinski definition) is 3. The van der Waals surface area contributed by atoms with Gasteiger partial charge in [-0.05, 0) is 89.2 Å². The maximum Gasteiger partial charge on any atom is 0.257 e. The zero-order valence-electron chi connectivity index (χ0n) is 18.7. The van der Waals surface area contributed by atoms with E-state index in [1.54, 1.807) is 49.6 Å². The van der Waals surface area contributed by atoms with Crippen LogP contribution < -0.4 is 20.7 Å². The van der Waals surface area contributed by atoms with Crippen LogP contribution in [0.25, 0.3) is 0 Å². The highest BCUT2D eigenvalue weighted by atomic mass is 79.9. The molecule has 0 heterocycles. The van der Waals surface area contributed by atoms with Crippen molar-refractivity contribution >= 4 is 56.4 Å². The molecule has 34 heavy (non-hydrogen) atoms. The highest BCUT2D eigenvalue weighted by Gasteiger charge is 2.12. The van der Waals surface area contributed by atoms with Gasteiger partial charge in [0.15, 0.2) is 5.11 Å². The van der Waals surface area contributed by atoms with E-state index >= 15 is 0 Å². The maximum absolute atomic E-state index is 12.6. The highest BCUT2D eigenvalue weighted by Crippen LogP contribution is 2.26. The third-order valence-electron chi connectivity index (χ3n) is 4.62. The van der Waals surface area contributed by atoms with Gasteiger partial charge >= 0.3 is 0 Å². The Bertz CT molecular complexity index is 1200. The lowest BCUT2D eigenvalue weighted by molar-refractivity contribution is 0.0976. The summed E-state index contributed by atoms with van der Waals surface area (Å²) < 4.78 is 11.2. The van der Waals surface area contributed by atoms with E-state index < -0.39 is 0 Å². The Hall–Kier alpha value is -3.27. The Morgan fingerprint density at radius 3 is 2.29 bits per heavy atom. The monoisotopic (exact) mass is 541 g/mol. The number of aryl methyl sites for hydroxylation is 1. The fourth-order valence-electron chi connectivity index (χ4n) is 3.00. The largest absolute Gasteiger partial charge is 0.490 e. The summed E-state index contributed by atoms with van der Waals surface area (Å²) >= 11 is 8.68. The molecule has 0 bridgehead atoms. The van der Waals surface area contributed by atoms with Crippen LogP contribution in [-0.2, 0) is 4.74 Å². The second-order valence-electron chi connectivity index (χ2n) is 7.30. The predicted octanol–water partition coefficient (Wildman–Crippen LogP) is 5.16. The molecule has 0 aromatic heterocycles. The zero-order valence-corrected chi connectivity index (χ0v) is 21.1. The maximum atomic E-state index is 12.6. The number of ether oxygens (including phenoxy) is 2. The summed E-state index contributed by atoms with van der Waals surface area (Å²) in [6.07, 6.45) is 0. The molecule has 3 N–H and O–H groups in total. The van der Waals surface area contributed by atoms with Gasteiger partial charge in [-0.25, -0.2) is 0 Å². The van der Waals surface area contributed by atoms with Crippen molar-refractivity contribution in [3.8, 4) is 5.75 Å². The van der Waals surface area contributed by atoms with Gasteiger partial charge in [0.1, 0.15) is 12.4 Å². The van der Waals surface area contributed by atoms with Crippen LogP contribution in [0.4, 0.5) is 11.4 Å². The van der Waals surface area contributed by atoms with Crippen molar-refractivity contribution in [2.75, 3.05) is 31.0 Å². The lowest BCUT2D eigenvalue weighted by atomic mass is 10.1. The van der Waals surface area contributed by atoms with Crippen molar-refractivity contribution in [1.29, 1.82) is 0 Å². The molecule has 0 saturated heterocycles. The molecule has 0 radical (unpaired) electrons. The lowest BCUT2D eigenvalue weighted by Gasteiger charge is -2.12. The zero-order chi connectivity index (χ0) is 24.5. The molecular weight excluding hydrogens is 518 g/mol. The van der Waals surface area contributed by atoms with Crippen LogP contribution in [0.15, 0.2) is 71.2 Å². The first-order valence-electron chi connectivity index (χ1n) is 10.4. The Balaban J connectivity index is 1.59. The molecule has 0 aliphatic carbocycles. The number of halogens is 1. The molecule has 2 amide bonds. The average molecular weight is 542 g/mol. The molecule has 0 unspecified atom stereocenters. The Labute approximate surface area is 212 Å². The highest BCUT2D eigenvalue weighted by molar-refractivity contribution is 9.10. The first-order valence-corrected chi connectivity index (χ1v) is 11.6. The molecule has 9 heteroatoms. The summed E-state index contributed by atoms with van der Waals surface area (Å²) in [7, 11) is 1.60. The number of hydrogen-bond acceptors (Lipinski definition) is 5. The van der Waals surface area contributed by atoms with Gasteiger partial charge in [-0.1, -0.05) is 18.2 Å². The molecule has 3 rings (SSSR count). The number of thiocarbonyl (C=S) groups is 1. The van der Waals surface area contributed by atoms with Crippen molar-refractivity contribution in [2.45, 2.75) is 6.92 Å². The number of rotatable bonds is 8. The van der Waals surface area contributed by atoms with Crippen molar-refractivity contribution < 1.29 is 19.1 Å². The fraction of sp³-hybridized carbons (Fsp3) is 0.160. The summed E-state index contributed by atoms with van der Waals surface area (Å²) in [6, 6.07) is 19.4. The quantitative estimate of drug-likeness (QED) is 0.269. The minimum absolute atomic E-state index is 0.109. The number of anilines is 2. The Morgan fingerprint density at radius 1 is 0.882 bits per heavy atom. The van der Waals surface area contributed by atoms with Crippen LogP contribution in [0.5, 0.6) is 5.75 Å². The van der Waals surface area contributed by atoms with Gasteiger partial charge in [-0.2, -0.15) is 0 Å². The second kappa shape index (κ2) is 12.3. The molecule has 0 spiro atoms. The van der Waals surface area contributed by atoms with Crippen molar-refractivity contribution in [2.24, 2.45) is 0 Å². The molecule has 0 aliphatic heterocycles. The van der Waals surface area contributed by atoms with E-state index in [9.17, 15) is 9.59 Å². The number of carbonyl (C=O) groups excluding carboxylic acids is 2. The van der Waals surface area contributed by atoms with E-state index in [4.69, 9.17) is 21.7 Å². The van der Waals surface area contributed by atoms with E-state index in [1.165, 1.54) is 0 Å². The lowest BCUT2D eigenvalue weighted by Crippen LogP contribution is -2.34. The summed E-state index contributed by atoms with van der Waals surface area (Å²) in [5.74, 6) is -0.0214. The van der Waals surface area contributed by atoms with Crippen LogP contribution in [-0.4, -0.2) is 37.3 Å². The number of nitrogens with one attached hydrogen (secondary N) is 3. The second-order valence-corrected chi connectivity index (χ2v) is 8.56. The molecular formula is C25H24BrN3O4S. The van der Waals surface area contributed by atoms with Crippen molar-refractivity contribution in [3.63, 3.8) is 0 Å². The third-order valence-corrected chi connectivity index (χ3v) is 5.45. The van der Waals surface area contributed by atoms with Gasteiger partial charge in [-0.3, -0.25) is 14.9 Å². The molecule has 3 aromatic rings. The predicted molar refractivity (Wildman–Crippen MR) is 141 cm³/mol. The summed E-state index contributed by atoms with van der Waals surface area (Å²) in [4.78, 5) is 25.2. The normalized spacial score (nSPS) is 10.3.